The van der Waals surface area contributed by atoms with E-state index in [1.165, 1.54) is 17.0 Å². The Morgan fingerprint density at radius 1 is 0.685 bits per heavy atom. The summed E-state index contributed by atoms with van der Waals surface area (Å²) in [5.74, 6) is -3.82. The number of benzene rings is 2. The van der Waals surface area contributed by atoms with Gasteiger partial charge in [-0.25, -0.2) is 14.0 Å². The van der Waals surface area contributed by atoms with Gasteiger partial charge in [-0.3, -0.25) is 19.7 Å². The fourth-order valence-corrected chi connectivity index (χ4v) is 7.00. The Bertz CT molecular complexity index is 1570. The zero-order valence-electron chi connectivity index (χ0n) is 31.7. The van der Waals surface area contributed by atoms with E-state index in [0.29, 0.717) is 56.2 Å². The van der Waals surface area contributed by atoms with Crippen molar-refractivity contribution in [2.24, 2.45) is 16.2 Å². The van der Waals surface area contributed by atoms with Crippen molar-refractivity contribution >= 4 is 35.8 Å². The highest BCUT2D eigenvalue weighted by Gasteiger charge is 3.02. The lowest BCUT2D eigenvalue weighted by Gasteiger charge is -2.30. The van der Waals surface area contributed by atoms with Crippen molar-refractivity contribution in [2.45, 2.75) is 85.7 Å². The molecule has 2 aromatic carbocycles. The largest absolute Gasteiger partial charge is 0.489 e. The lowest BCUT2D eigenvalue weighted by molar-refractivity contribution is -0.164. The van der Waals surface area contributed by atoms with Crippen LogP contribution >= 0.6 is 0 Å². The molecule has 1 N–H and O–H groups in total. The molecule has 2 aliphatic rings. The number of esters is 3. The fraction of sp³-hybridized carbons (Fsp3) is 0.575. The van der Waals surface area contributed by atoms with Gasteiger partial charge in [0.2, 0.25) is 0 Å². The lowest BCUT2D eigenvalue weighted by Crippen LogP contribution is -2.47. The number of carbonyl (C=O) groups excluding carboxylic acids is 5. The molecule has 1 unspecified atom stereocenters. The van der Waals surface area contributed by atoms with E-state index >= 15 is 4.39 Å². The zero-order valence-corrected chi connectivity index (χ0v) is 31.7. The molecule has 0 bridgehead atoms. The van der Waals surface area contributed by atoms with Crippen LogP contribution < -0.4 is 10.1 Å². The summed E-state index contributed by atoms with van der Waals surface area (Å²) >= 11 is 0. The van der Waals surface area contributed by atoms with Crippen molar-refractivity contribution in [3.63, 3.8) is 0 Å². The van der Waals surface area contributed by atoms with E-state index in [1.807, 2.05) is 27.7 Å². The normalized spacial score (nSPS) is 21.0. The third-order valence-electron chi connectivity index (χ3n) is 10.0. The fourth-order valence-electron chi connectivity index (χ4n) is 7.00. The Balaban J connectivity index is 1.68. The average Bonchev–Trinajstić information content (AvgIpc) is 3.45. The van der Waals surface area contributed by atoms with Gasteiger partial charge < -0.3 is 33.3 Å². The number of hydrogen-bond acceptors (Lipinski definition) is 11. The standard InChI is InChI=1S/C40H53FN2O11/c1-5-9-20-49-33(44)38-26-43(37(48)52-23-12-8-4)27-39(38,34(45)50-21-10-6-2)40(38,35(46)51-22-11-7-3)28-54-32-19-18-29(24-31(32)41)25-53-36(47)42-30-16-14-13-15-17-30/h13-19,24H,5-12,20-23,25-28H2,1-4H3,(H,42,47)/t38-,39?,40-/m0/s1. The molecule has 0 radical (unpaired) electrons. The summed E-state index contributed by atoms with van der Waals surface area (Å²) in [6, 6.07) is 12.6. The first-order valence-corrected chi connectivity index (χ1v) is 18.9. The Hall–Kier alpha value is -4.88. The van der Waals surface area contributed by atoms with Gasteiger partial charge in [0.15, 0.2) is 11.6 Å². The molecular formula is C40H53FN2O11. The molecule has 1 saturated heterocycles. The van der Waals surface area contributed by atoms with Gasteiger partial charge in [-0.2, -0.15) is 0 Å². The quantitative estimate of drug-likeness (QED) is 0.0780. The number of fused-ring (bicyclic) bond motifs is 1. The molecule has 1 saturated carbocycles. The third-order valence-corrected chi connectivity index (χ3v) is 10.0. The number of nitrogens with zero attached hydrogens (tertiary/aromatic N) is 1. The van der Waals surface area contributed by atoms with Crippen LogP contribution in [-0.2, 0) is 44.7 Å². The second kappa shape index (κ2) is 19.4. The molecule has 3 atom stereocenters. The van der Waals surface area contributed by atoms with E-state index in [2.05, 4.69) is 5.32 Å². The molecule has 2 aromatic rings. The van der Waals surface area contributed by atoms with E-state index in [0.717, 1.165) is 12.5 Å². The monoisotopic (exact) mass is 756 g/mol. The predicted molar refractivity (Wildman–Crippen MR) is 195 cm³/mol. The second-order valence-electron chi connectivity index (χ2n) is 13.6. The molecule has 1 heterocycles. The van der Waals surface area contributed by atoms with Crippen LogP contribution in [0.2, 0.25) is 0 Å². The minimum absolute atomic E-state index is 0.00233. The van der Waals surface area contributed by atoms with Gasteiger partial charge in [-0.15, -0.1) is 0 Å². The number of rotatable bonds is 21. The van der Waals surface area contributed by atoms with Crippen molar-refractivity contribution < 1.29 is 56.8 Å². The molecule has 1 aliphatic carbocycles. The summed E-state index contributed by atoms with van der Waals surface area (Å²) < 4.78 is 49.6. The molecule has 0 aromatic heterocycles. The van der Waals surface area contributed by atoms with Crippen LogP contribution in [0.3, 0.4) is 0 Å². The number of nitrogens with one attached hydrogen (secondary N) is 1. The lowest BCUT2D eigenvalue weighted by atomic mass is 9.90. The maximum absolute atomic E-state index is 15.6. The van der Waals surface area contributed by atoms with Gasteiger partial charge in [0.05, 0.1) is 26.4 Å². The topological polar surface area (TPSA) is 156 Å². The van der Waals surface area contributed by atoms with Crippen LogP contribution in [0.1, 0.15) is 84.6 Å². The summed E-state index contributed by atoms with van der Waals surface area (Å²) in [4.78, 5) is 70.0. The second-order valence-corrected chi connectivity index (χ2v) is 13.6. The first kappa shape index (κ1) is 41.9. The number of anilines is 1. The Kier molecular flexibility index (Phi) is 15.1. The number of hydrogen-bond donors (Lipinski definition) is 1. The molecule has 2 amide bonds. The average molecular weight is 757 g/mol. The van der Waals surface area contributed by atoms with Crippen LogP contribution in [0.15, 0.2) is 48.5 Å². The summed E-state index contributed by atoms with van der Waals surface area (Å²) in [6.45, 7) is 6.04. The van der Waals surface area contributed by atoms with Crippen LogP contribution in [0.5, 0.6) is 5.75 Å². The molecule has 296 valence electrons. The summed E-state index contributed by atoms with van der Waals surface area (Å²) in [7, 11) is 0. The van der Waals surface area contributed by atoms with Crippen molar-refractivity contribution in [3.05, 3.63) is 59.9 Å². The molecule has 13 nitrogen and oxygen atoms in total. The van der Waals surface area contributed by atoms with Gasteiger partial charge in [-0.1, -0.05) is 77.6 Å². The van der Waals surface area contributed by atoms with Crippen LogP contribution in [-0.4, -0.2) is 81.1 Å². The summed E-state index contributed by atoms with van der Waals surface area (Å²) in [6.07, 6.45) is 3.50. The molecule has 2 fully saturated rings. The van der Waals surface area contributed by atoms with Gasteiger partial charge >= 0.3 is 30.1 Å². The van der Waals surface area contributed by atoms with Crippen molar-refractivity contribution in [3.8, 4) is 5.75 Å². The van der Waals surface area contributed by atoms with Gasteiger partial charge in [0, 0.05) is 18.8 Å². The molecule has 54 heavy (non-hydrogen) atoms. The maximum Gasteiger partial charge on any atom is 0.411 e. The van der Waals surface area contributed by atoms with Gasteiger partial charge in [0.25, 0.3) is 0 Å². The Labute approximate surface area is 316 Å². The molecule has 14 heteroatoms. The first-order chi connectivity index (χ1) is 26.1. The summed E-state index contributed by atoms with van der Waals surface area (Å²) in [5.41, 5.74) is -5.19. The SMILES string of the molecule is CCCCOC(=O)N1CC2(C(=O)OCCCC)[C@@](C(=O)OCCCC)(C1)[C@]2(COc1ccc(COC(=O)Nc2ccccc2)cc1F)C(=O)OCCCC. The first-order valence-electron chi connectivity index (χ1n) is 18.9. The number of halogens is 1. The van der Waals surface area contributed by atoms with E-state index in [4.69, 9.17) is 28.4 Å². The maximum atomic E-state index is 15.6. The molecular weight excluding hydrogens is 703 g/mol. The number of para-hydroxylation sites is 1. The van der Waals surface area contributed by atoms with Crippen molar-refractivity contribution in [2.75, 3.05) is 51.4 Å². The van der Waals surface area contributed by atoms with E-state index in [9.17, 15) is 24.0 Å². The highest BCUT2D eigenvalue weighted by Crippen LogP contribution is 2.82. The number of carbonyl (C=O) groups is 5. The Morgan fingerprint density at radius 2 is 1.20 bits per heavy atom. The number of piperidine rings is 1. The van der Waals surface area contributed by atoms with Gasteiger partial charge in [-0.05, 0) is 55.5 Å². The molecule has 1 aliphatic heterocycles. The zero-order chi connectivity index (χ0) is 39.2. The highest BCUT2D eigenvalue weighted by molar-refractivity contribution is 6.09. The molecule has 0 spiro atoms. The van der Waals surface area contributed by atoms with Crippen LogP contribution in [0.25, 0.3) is 0 Å². The summed E-state index contributed by atoms with van der Waals surface area (Å²) in [5, 5.41) is 2.58. The van der Waals surface area contributed by atoms with E-state index in [-0.39, 0.29) is 38.8 Å². The smallest absolute Gasteiger partial charge is 0.411 e. The van der Waals surface area contributed by atoms with Crippen molar-refractivity contribution in [1.29, 1.82) is 0 Å². The van der Waals surface area contributed by atoms with Gasteiger partial charge in [0.1, 0.15) is 29.5 Å². The number of unbranched alkanes of at least 4 members (excludes halogenated alkanes) is 4. The minimum Gasteiger partial charge on any atom is -0.489 e. The van der Waals surface area contributed by atoms with E-state index < -0.39 is 71.9 Å². The molecule has 4 rings (SSSR count). The van der Waals surface area contributed by atoms with E-state index in [1.54, 1.807) is 30.3 Å². The Morgan fingerprint density at radius 3 is 1.72 bits per heavy atom. The number of likely N-dealkylation sites (tertiary alicyclic amines) is 1. The van der Waals surface area contributed by atoms with Crippen LogP contribution in [0.4, 0.5) is 19.7 Å². The third kappa shape index (κ3) is 8.57. The van der Waals surface area contributed by atoms with Crippen molar-refractivity contribution in [1.82, 2.24) is 4.90 Å². The number of ether oxygens (including phenoxy) is 6. The number of amides is 2. The van der Waals surface area contributed by atoms with Crippen LogP contribution in [0, 0.1) is 22.1 Å². The predicted octanol–water partition coefficient (Wildman–Crippen LogP) is 7.21. The minimum atomic E-state index is -2.05. The highest BCUT2D eigenvalue weighted by atomic mass is 19.1.